The van der Waals surface area contributed by atoms with E-state index in [0.29, 0.717) is 12.8 Å². The molecule has 2 N–H and O–H groups in total. The van der Waals surface area contributed by atoms with Crippen LogP contribution >= 0.6 is 0 Å². The molecule has 0 aliphatic heterocycles. The first kappa shape index (κ1) is 19.6. The summed E-state index contributed by atoms with van der Waals surface area (Å²) in [5.41, 5.74) is 7.66. The average molecular weight is 411 g/mol. The molecule has 0 saturated heterocycles. The van der Waals surface area contributed by atoms with Gasteiger partial charge in [-0.05, 0) is 66.8 Å². The van der Waals surface area contributed by atoms with Crippen LogP contribution in [0.2, 0.25) is 0 Å². The van der Waals surface area contributed by atoms with Crippen LogP contribution in [-0.4, -0.2) is 21.3 Å². The highest BCUT2D eigenvalue weighted by atomic mass is 16.4. The third kappa shape index (κ3) is 4.11. The molecule has 1 aromatic heterocycles. The highest BCUT2D eigenvalue weighted by Gasteiger charge is 2.22. The normalized spacial score (nSPS) is 16.8. The van der Waals surface area contributed by atoms with Gasteiger partial charge in [-0.1, -0.05) is 60.7 Å². The molecule has 1 atom stereocenters. The highest BCUT2D eigenvalue weighted by Crippen LogP contribution is 2.31. The third-order valence-electron chi connectivity index (χ3n) is 6.37. The van der Waals surface area contributed by atoms with Crippen molar-refractivity contribution in [2.75, 3.05) is 0 Å². The van der Waals surface area contributed by atoms with Crippen molar-refractivity contribution in [3.63, 3.8) is 0 Å². The van der Waals surface area contributed by atoms with Crippen LogP contribution in [0.25, 0.3) is 22.2 Å². The molecular weight excluding hydrogens is 384 g/mol. The average Bonchev–Trinajstić information content (AvgIpc) is 3.22. The molecule has 1 unspecified atom stereocenters. The third-order valence-corrected chi connectivity index (χ3v) is 6.37. The molecule has 0 spiro atoms. The van der Waals surface area contributed by atoms with Crippen molar-refractivity contribution in [3.8, 4) is 11.3 Å². The second-order valence-corrected chi connectivity index (χ2v) is 8.58. The Morgan fingerprint density at radius 2 is 1.61 bits per heavy atom. The van der Waals surface area contributed by atoms with Gasteiger partial charge in [-0.3, -0.25) is 9.89 Å². The predicted octanol–water partition coefficient (Wildman–Crippen LogP) is 5.59. The van der Waals surface area contributed by atoms with E-state index >= 15 is 0 Å². The Morgan fingerprint density at radius 1 is 0.871 bits per heavy atom. The number of benzene rings is 3. The summed E-state index contributed by atoms with van der Waals surface area (Å²) in [6.45, 7) is 0. The van der Waals surface area contributed by atoms with E-state index in [1.165, 1.54) is 11.1 Å². The maximum Gasteiger partial charge on any atom is 0.307 e. The van der Waals surface area contributed by atoms with Gasteiger partial charge in [-0.2, -0.15) is 5.10 Å². The summed E-state index contributed by atoms with van der Waals surface area (Å²) in [6.07, 6.45) is 5.35. The number of aliphatic carboxylic acids is 1. The summed E-state index contributed by atoms with van der Waals surface area (Å²) in [5.74, 6) is -1.24. The van der Waals surface area contributed by atoms with E-state index in [4.69, 9.17) is 0 Å². The summed E-state index contributed by atoms with van der Waals surface area (Å²) in [4.78, 5) is 12.2. The fourth-order valence-electron chi connectivity index (χ4n) is 4.72. The van der Waals surface area contributed by atoms with Crippen LogP contribution in [0.4, 0.5) is 0 Å². The maximum absolute atomic E-state index is 12.2. The Labute approximate surface area is 181 Å². The number of carbonyl (C=O) groups is 1. The molecule has 3 aromatic carbocycles. The molecule has 0 fully saturated rings. The Hall–Kier alpha value is -3.40. The van der Waals surface area contributed by atoms with Crippen molar-refractivity contribution < 1.29 is 9.90 Å². The predicted molar refractivity (Wildman–Crippen MR) is 123 cm³/mol. The number of H-pyrrole nitrogens is 1. The van der Waals surface area contributed by atoms with Gasteiger partial charge in [0.2, 0.25) is 0 Å². The Bertz CT molecular complexity index is 1220. The molecule has 2 aliphatic rings. The van der Waals surface area contributed by atoms with E-state index < -0.39 is 11.9 Å². The lowest BCUT2D eigenvalue weighted by Crippen LogP contribution is -2.19. The minimum absolute atomic E-state index is 0.474. The number of aromatic amines is 1. The van der Waals surface area contributed by atoms with E-state index in [2.05, 4.69) is 58.7 Å². The van der Waals surface area contributed by atoms with Gasteiger partial charge in [-0.15, -0.1) is 0 Å². The lowest BCUT2D eigenvalue weighted by Gasteiger charge is -2.15. The molecule has 4 aromatic rings. The topological polar surface area (TPSA) is 66.0 Å². The van der Waals surface area contributed by atoms with Gasteiger partial charge in [0, 0.05) is 10.9 Å². The number of nitrogens with zero attached hydrogens (tertiary/aromatic N) is 1. The highest BCUT2D eigenvalue weighted by molar-refractivity contribution is 5.95. The van der Waals surface area contributed by atoms with E-state index in [1.807, 2.05) is 18.2 Å². The van der Waals surface area contributed by atoms with E-state index in [9.17, 15) is 9.90 Å². The zero-order valence-electron chi connectivity index (χ0n) is 17.5. The number of fused-ring (bicyclic) bond motifs is 7. The van der Waals surface area contributed by atoms with Crippen LogP contribution < -0.4 is 0 Å². The van der Waals surface area contributed by atoms with Gasteiger partial charge in [0.25, 0.3) is 0 Å². The number of hydrogen-bond acceptors (Lipinski definition) is 2. The molecule has 0 radical (unpaired) electrons. The molecule has 4 nitrogen and oxygen atoms in total. The zero-order chi connectivity index (χ0) is 21.2. The van der Waals surface area contributed by atoms with Gasteiger partial charge in [0.15, 0.2) is 0 Å². The summed E-state index contributed by atoms with van der Waals surface area (Å²) < 4.78 is 0. The van der Waals surface area contributed by atoms with Crippen LogP contribution in [0.5, 0.6) is 0 Å². The molecule has 31 heavy (non-hydrogen) atoms. The standard InChI is InChI=1S/C27H26N2O2/c30-27(31)23-16-20-8-3-7-19(15-20)6-2-1-5-18-11-13-21(14-12-18)26-25-22(17-23)9-4-10-24(25)28-29-26/h3-4,7-15,23H,1-2,5-6,16-17H2,(H,28,29)(H,30,31). The fraction of sp³-hybridized carbons (Fsp3) is 0.259. The SMILES string of the molecule is O=C(O)C1Cc2cccc(c2)CCCCc2ccc(cc2)-c2n[nH]c3cccc(c23)C1. The molecule has 156 valence electrons. The maximum atomic E-state index is 12.2. The summed E-state index contributed by atoms with van der Waals surface area (Å²) in [6, 6.07) is 23.1. The fourth-order valence-corrected chi connectivity index (χ4v) is 4.72. The largest absolute Gasteiger partial charge is 0.481 e. The van der Waals surface area contributed by atoms with E-state index in [0.717, 1.165) is 59.0 Å². The molecule has 6 rings (SSSR count). The monoisotopic (exact) mass is 410 g/mol. The van der Waals surface area contributed by atoms with Crippen LogP contribution in [0, 0.1) is 5.92 Å². The molecule has 2 aliphatic carbocycles. The van der Waals surface area contributed by atoms with E-state index in [1.54, 1.807) is 0 Å². The van der Waals surface area contributed by atoms with Crippen molar-refractivity contribution in [2.24, 2.45) is 5.92 Å². The minimum Gasteiger partial charge on any atom is -0.481 e. The molecule has 4 bridgehead atoms. The van der Waals surface area contributed by atoms with E-state index in [-0.39, 0.29) is 0 Å². The number of carboxylic acids is 1. The first-order chi connectivity index (χ1) is 15.2. The second kappa shape index (κ2) is 8.38. The zero-order valence-corrected chi connectivity index (χ0v) is 17.5. The molecular formula is C27H26N2O2. The lowest BCUT2D eigenvalue weighted by atomic mass is 9.89. The lowest BCUT2D eigenvalue weighted by molar-refractivity contribution is -0.141. The number of nitrogens with one attached hydrogen (secondary N) is 1. The van der Waals surface area contributed by atoms with Crippen molar-refractivity contribution in [2.45, 2.75) is 38.5 Å². The molecule has 1 heterocycles. The van der Waals surface area contributed by atoms with Crippen molar-refractivity contribution in [1.82, 2.24) is 10.2 Å². The number of carboxylic acid groups (broad SMARTS) is 1. The van der Waals surface area contributed by atoms with Gasteiger partial charge < -0.3 is 5.11 Å². The van der Waals surface area contributed by atoms with Crippen molar-refractivity contribution in [1.29, 1.82) is 0 Å². The van der Waals surface area contributed by atoms with Crippen molar-refractivity contribution >= 4 is 16.9 Å². The van der Waals surface area contributed by atoms with Crippen LogP contribution in [0.1, 0.15) is 35.1 Å². The first-order valence-electron chi connectivity index (χ1n) is 11.0. The number of hydrogen-bond donors (Lipinski definition) is 2. The van der Waals surface area contributed by atoms with Crippen LogP contribution in [-0.2, 0) is 30.5 Å². The molecule has 4 heteroatoms. The summed E-state index contributed by atoms with van der Waals surface area (Å²) in [5, 5.41) is 18.8. The summed E-state index contributed by atoms with van der Waals surface area (Å²) in [7, 11) is 0. The van der Waals surface area contributed by atoms with Gasteiger partial charge >= 0.3 is 5.97 Å². The summed E-state index contributed by atoms with van der Waals surface area (Å²) >= 11 is 0. The number of aryl methyl sites for hydroxylation is 2. The quantitative estimate of drug-likeness (QED) is 0.430. The Balaban J connectivity index is 1.62. The van der Waals surface area contributed by atoms with Crippen LogP contribution in [0.3, 0.4) is 0 Å². The van der Waals surface area contributed by atoms with Crippen LogP contribution in [0.15, 0.2) is 66.7 Å². The second-order valence-electron chi connectivity index (χ2n) is 8.58. The van der Waals surface area contributed by atoms with Crippen molar-refractivity contribution in [3.05, 3.63) is 89.0 Å². The Morgan fingerprint density at radius 3 is 2.42 bits per heavy atom. The first-order valence-corrected chi connectivity index (χ1v) is 11.0. The molecule has 0 saturated carbocycles. The number of aromatic nitrogens is 2. The minimum atomic E-state index is -0.755. The number of rotatable bonds is 1. The Kier molecular flexibility index (Phi) is 5.29. The molecule has 0 amide bonds. The van der Waals surface area contributed by atoms with Gasteiger partial charge in [0.1, 0.15) is 5.69 Å². The van der Waals surface area contributed by atoms with Gasteiger partial charge in [0.05, 0.1) is 11.4 Å². The van der Waals surface area contributed by atoms with Gasteiger partial charge in [-0.25, -0.2) is 0 Å². The smallest absolute Gasteiger partial charge is 0.307 e.